The van der Waals surface area contributed by atoms with Crippen LogP contribution in [0, 0.1) is 18.3 Å². The van der Waals surface area contributed by atoms with Gasteiger partial charge in [0.05, 0.1) is 17.8 Å². The van der Waals surface area contributed by atoms with Crippen LogP contribution in [0.5, 0.6) is 0 Å². The predicted molar refractivity (Wildman–Crippen MR) is 57.6 cm³/mol. The minimum Gasteiger partial charge on any atom is -0.467 e. The third kappa shape index (κ3) is 2.17. The van der Waals surface area contributed by atoms with Crippen LogP contribution in [0.3, 0.4) is 0 Å². The summed E-state index contributed by atoms with van der Waals surface area (Å²) in [6.45, 7) is 2.43. The molecule has 0 atom stereocenters. The van der Waals surface area contributed by atoms with Crippen molar-refractivity contribution in [2.75, 3.05) is 5.32 Å². The van der Waals surface area contributed by atoms with Crippen LogP contribution in [0.2, 0.25) is 0 Å². The van der Waals surface area contributed by atoms with Gasteiger partial charge < -0.3 is 9.73 Å². The molecular formula is C10H9N3OS. The first-order chi connectivity index (χ1) is 7.29. The number of furan rings is 1. The van der Waals surface area contributed by atoms with Crippen molar-refractivity contribution < 1.29 is 4.42 Å². The molecule has 2 aromatic rings. The minimum absolute atomic E-state index is 0.546. The number of rotatable bonds is 3. The van der Waals surface area contributed by atoms with Gasteiger partial charge in [-0.05, 0) is 19.1 Å². The summed E-state index contributed by atoms with van der Waals surface area (Å²) in [5.74, 6) is 1.46. The molecule has 2 rings (SSSR count). The quantitative estimate of drug-likeness (QED) is 0.861. The zero-order chi connectivity index (χ0) is 10.7. The van der Waals surface area contributed by atoms with Gasteiger partial charge in [-0.25, -0.2) is 4.98 Å². The molecule has 0 fully saturated rings. The maximum atomic E-state index is 8.85. The molecule has 0 unspecified atom stereocenters. The molecule has 0 saturated carbocycles. The monoisotopic (exact) mass is 219 g/mol. The average Bonchev–Trinajstić information content (AvgIpc) is 2.83. The van der Waals surface area contributed by atoms with Crippen molar-refractivity contribution in [2.24, 2.45) is 0 Å². The van der Waals surface area contributed by atoms with E-state index < -0.39 is 0 Å². The Kier molecular flexibility index (Phi) is 2.70. The zero-order valence-electron chi connectivity index (χ0n) is 8.15. The number of hydrogen-bond donors (Lipinski definition) is 1. The van der Waals surface area contributed by atoms with Gasteiger partial charge >= 0.3 is 0 Å². The number of anilines is 1. The zero-order valence-corrected chi connectivity index (χ0v) is 8.97. The Hall–Kier alpha value is -1.80. The molecular weight excluding hydrogens is 210 g/mol. The highest BCUT2D eigenvalue weighted by Gasteiger charge is 2.08. The van der Waals surface area contributed by atoms with E-state index in [1.807, 2.05) is 19.1 Å². The third-order valence-electron chi connectivity index (χ3n) is 1.85. The normalized spacial score (nSPS) is 9.87. The Bertz CT molecular complexity index is 481. The summed E-state index contributed by atoms with van der Waals surface area (Å²) in [6, 6.07) is 5.81. The van der Waals surface area contributed by atoms with Crippen LogP contribution in [0.25, 0.3) is 0 Å². The van der Waals surface area contributed by atoms with E-state index in [1.165, 1.54) is 11.3 Å². The fourth-order valence-electron chi connectivity index (χ4n) is 1.21. The molecule has 4 nitrogen and oxygen atoms in total. The van der Waals surface area contributed by atoms with Crippen molar-refractivity contribution in [3.05, 3.63) is 34.0 Å². The lowest BCUT2D eigenvalue weighted by Gasteiger charge is -1.99. The van der Waals surface area contributed by atoms with Gasteiger partial charge in [0, 0.05) is 0 Å². The second kappa shape index (κ2) is 4.15. The molecule has 5 heteroatoms. The van der Waals surface area contributed by atoms with Gasteiger partial charge in [-0.2, -0.15) is 5.26 Å². The summed E-state index contributed by atoms with van der Waals surface area (Å²) in [7, 11) is 0. The molecule has 2 aromatic heterocycles. The van der Waals surface area contributed by atoms with E-state index in [0.29, 0.717) is 17.2 Å². The van der Waals surface area contributed by atoms with Crippen molar-refractivity contribution in [1.82, 2.24) is 4.98 Å². The largest absolute Gasteiger partial charge is 0.467 e. The van der Waals surface area contributed by atoms with Gasteiger partial charge in [-0.15, -0.1) is 11.3 Å². The molecule has 0 radical (unpaired) electrons. The molecule has 0 saturated heterocycles. The first-order valence-electron chi connectivity index (χ1n) is 4.43. The Morgan fingerprint density at radius 2 is 2.53 bits per heavy atom. The Morgan fingerprint density at radius 1 is 1.67 bits per heavy atom. The molecule has 15 heavy (non-hydrogen) atoms. The summed E-state index contributed by atoms with van der Waals surface area (Å²) < 4.78 is 5.17. The lowest BCUT2D eigenvalue weighted by atomic mass is 10.4. The highest BCUT2D eigenvalue weighted by Crippen LogP contribution is 2.21. The van der Waals surface area contributed by atoms with Crippen molar-refractivity contribution in [3.8, 4) is 6.07 Å². The lowest BCUT2D eigenvalue weighted by molar-refractivity contribution is 0.518. The maximum absolute atomic E-state index is 8.85. The van der Waals surface area contributed by atoms with E-state index in [0.717, 1.165) is 10.8 Å². The number of aromatic nitrogens is 1. The minimum atomic E-state index is 0.546. The highest BCUT2D eigenvalue weighted by atomic mass is 32.1. The Labute approximate surface area is 91.2 Å². The smallest absolute Gasteiger partial charge is 0.155 e. The van der Waals surface area contributed by atoms with Gasteiger partial charge in [0.15, 0.2) is 5.82 Å². The molecule has 0 spiro atoms. The van der Waals surface area contributed by atoms with Crippen LogP contribution >= 0.6 is 11.3 Å². The van der Waals surface area contributed by atoms with Gasteiger partial charge in [-0.3, -0.25) is 0 Å². The number of nitrogens with one attached hydrogen (secondary N) is 1. The summed E-state index contributed by atoms with van der Waals surface area (Å²) in [5.41, 5.74) is 0. The number of aryl methyl sites for hydroxylation is 1. The highest BCUT2D eigenvalue weighted by molar-refractivity contribution is 7.12. The molecule has 0 aliphatic carbocycles. The van der Waals surface area contributed by atoms with Crippen LogP contribution in [-0.4, -0.2) is 4.98 Å². The van der Waals surface area contributed by atoms with E-state index >= 15 is 0 Å². The molecule has 0 aliphatic rings. The topological polar surface area (TPSA) is 61.9 Å². The molecule has 0 amide bonds. The lowest BCUT2D eigenvalue weighted by Crippen LogP contribution is -1.99. The van der Waals surface area contributed by atoms with Gasteiger partial charge in [-0.1, -0.05) is 0 Å². The number of thiazole rings is 1. The van der Waals surface area contributed by atoms with Crippen molar-refractivity contribution in [1.29, 1.82) is 5.26 Å². The van der Waals surface area contributed by atoms with Crippen LogP contribution in [0.4, 0.5) is 5.82 Å². The van der Waals surface area contributed by atoms with Crippen molar-refractivity contribution in [2.45, 2.75) is 13.5 Å². The van der Waals surface area contributed by atoms with Gasteiger partial charge in [0.25, 0.3) is 0 Å². The first kappa shape index (κ1) is 9.74. The molecule has 76 valence electrons. The predicted octanol–water partition coefficient (Wildman–Crippen LogP) is 2.53. The van der Waals surface area contributed by atoms with E-state index in [9.17, 15) is 0 Å². The number of nitrogens with zero attached hydrogens (tertiary/aromatic N) is 2. The molecule has 0 bridgehead atoms. The van der Waals surface area contributed by atoms with Gasteiger partial charge in [0.2, 0.25) is 0 Å². The van der Waals surface area contributed by atoms with E-state index in [4.69, 9.17) is 9.68 Å². The van der Waals surface area contributed by atoms with Gasteiger partial charge in [0.1, 0.15) is 16.7 Å². The molecule has 2 heterocycles. The second-order valence-corrected chi connectivity index (χ2v) is 4.16. The SMILES string of the molecule is Cc1nc(NCc2ccco2)c(C#N)s1. The standard InChI is InChI=1S/C10H9N3OS/c1-7-13-10(9(5-11)15-7)12-6-8-3-2-4-14-8/h2-4,12H,6H2,1H3. The second-order valence-electron chi connectivity index (χ2n) is 2.96. The third-order valence-corrected chi connectivity index (χ3v) is 2.72. The van der Waals surface area contributed by atoms with Crippen molar-refractivity contribution >= 4 is 17.2 Å². The number of nitriles is 1. The molecule has 0 aromatic carbocycles. The molecule has 1 N–H and O–H groups in total. The average molecular weight is 219 g/mol. The van der Waals surface area contributed by atoms with E-state index in [1.54, 1.807) is 6.26 Å². The summed E-state index contributed by atoms with van der Waals surface area (Å²) in [5, 5.41) is 12.8. The molecule has 0 aliphatic heterocycles. The summed E-state index contributed by atoms with van der Waals surface area (Å²) in [6.07, 6.45) is 1.62. The summed E-state index contributed by atoms with van der Waals surface area (Å²) in [4.78, 5) is 4.83. The maximum Gasteiger partial charge on any atom is 0.155 e. The van der Waals surface area contributed by atoms with Crippen LogP contribution < -0.4 is 5.32 Å². The van der Waals surface area contributed by atoms with Crippen molar-refractivity contribution in [3.63, 3.8) is 0 Å². The van der Waals surface area contributed by atoms with Crippen LogP contribution in [0.1, 0.15) is 15.6 Å². The Balaban J connectivity index is 2.08. The number of hydrogen-bond acceptors (Lipinski definition) is 5. The fraction of sp³-hybridized carbons (Fsp3) is 0.200. The van der Waals surface area contributed by atoms with E-state index in [2.05, 4.69) is 16.4 Å². The Morgan fingerprint density at radius 3 is 3.20 bits per heavy atom. The van der Waals surface area contributed by atoms with Crippen LogP contribution in [-0.2, 0) is 6.54 Å². The van der Waals surface area contributed by atoms with Crippen LogP contribution in [0.15, 0.2) is 22.8 Å². The van der Waals surface area contributed by atoms with E-state index in [-0.39, 0.29) is 0 Å². The fourth-order valence-corrected chi connectivity index (χ4v) is 1.90. The summed E-state index contributed by atoms with van der Waals surface area (Å²) >= 11 is 1.39. The first-order valence-corrected chi connectivity index (χ1v) is 5.25.